The van der Waals surface area contributed by atoms with Gasteiger partial charge < -0.3 is 5.11 Å². The number of rotatable bonds is 7. The van der Waals surface area contributed by atoms with E-state index in [0.29, 0.717) is 10.6 Å². The molecular weight excluding hydrogens is 400 g/mol. The van der Waals surface area contributed by atoms with Gasteiger partial charge in [-0.2, -0.15) is 5.10 Å². The Kier molecular flexibility index (Phi) is 6.83. The molecule has 1 unspecified atom stereocenters. The summed E-state index contributed by atoms with van der Waals surface area (Å²) in [5.41, 5.74) is 8.32. The summed E-state index contributed by atoms with van der Waals surface area (Å²) >= 11 is 6.20. The fraction of sp³-hybridized carbons (Fsp3) is 0.500. The zero-order valence-electron chi connectivity index (χ0n) is 18.4. The Balaban J connectivity index is 2.35. The number of benzene rings is 1. The van der Waals surface area contributed by atoms with Gasteiger partial charge in [-0.3, -0.25) is 10.5 Å². The summed E-state index contributed by atoms with van der Waals surface area (Å²) in [5, 5.41) is 18.2. The van der Waals surface area contributed by atoms with Crippen molar-refractivity contribution in [2.75, 3.05) is 12.0 Å². The molecule has 162 valence electrons. The van der Waals surface area contributed by atoms with Crippen molar-refractivity contribution in [1.29, 1.82) is 0 Å². The fourth-order valence-electron chi connectivity index (χ4n) is 3.39. The number of fused-ring (bicyclic) bond motifs is 1. The highest BCUT2D eigenvalue weighted by molar-refractivity contribution is 6.30. The summed E-state index contributed by atoms with van der Waals surface area (Å²) in [6, 6.07) is 7.25. The zero-order chi connectivity index (χ0) is 22.0. The van der Waals surface area contributed by atoms with Gasteiger partial charge in [-0.25, -0.2) is 14.7 Å². The number of aliphatic hydroxyl groups is 1. The van der Waals surface area contributed by atoms with Gasteiger partial charge in [-0.15, -0.1) is 0 Å². The van der Waals surface area contributed by atoms with Gasteiger partial charge in [0.25, 0.3) is 0 Å². The number of hydrogen-bond acceptors (Lipinski definition) is 5. The summed E-state index contributed by atoms with van der Waals surface area (Å²) in [6.45, 7) is 12.5. The third-order valence-electron chi connectivity index (χ3n) is 5.07. The quantitative estimate of drug-likeness (QED) is 0.516. The van der Waals surface area contributed by atoms with Crippen molar-refractivity contribution in [1.82, 2.24) is 19.9 Å². The average molecular weight is 431 g/mol. The van der Waals surface area contributed by atoms with Crippen LogP contribution in [0.15, 0.2) is 29.3 Å². The van der Waals surface area contributed by atoms with E-state index in [1.54, 1.807) is 0 Å². The first-order chi connectivity index (χ1) is 14.2. The number of anilines is 1. The first-order valence-corrected chi connectivity index (χ1v) is 10.8. The highest BCUT2D eigenvalue weighted by Gasteiger charge is 2.21. The van der Waals surface area contributed by atoms with Crippen molar-refractivity contribution < 1.29 is 5.11 Å². The van der Waals surface area contributed by atoms with Crippen molar-refractivity contribution in [3.05, 3.63) is 46.3 Å². The van der Waals surface area contributed by atoms with Crippen molar-refractivity contribution in [3.63, 3.8) is 0 Å². The molecule has 30 heavy (non-hydrogen) atoms. The zero-order valence-corrected chi connectivity index (χ0v) is 19.2. The Morgan fingerprint density at radius 3 is 2.47 bits per heavy atom. The normalized spacial score (nSPS) is 13.8. The third kappa shape index (κ3) is 4.52. The van der Waals surface area contributed by atoms with Crippen molar-refractivity contribution in [3.8, 4) is 0 Å². The largest absolute Gasteiger partial charge is 0.394 e. The van der Waals surface area contributed by atoms with E-state index in [2.05, 4.69) is 43.3 Å². The van der Waals surface area contributed by atoms with Crippen LogP contribution in [0, 0.1) is 5.92 Å². The lowest BCUT2D eigenvalue weighted by atomic mass is 10.1. The molecule has 3 rings (SSSR count). The molecule has 0 fully saturated rings. The van der Waals surface area contributed by atoms with Gasteiger partial charge in [0.15, 0.2) is 0 Å². The predicted molar refractivity (Wildman–Crippen MR) is 122 cm³/mol. The molecule has 0 aliphatic carbocycles. The molecule has 0 aliphatic heterocycles. The van der Waals surface area contributed by atoms with E-state index in [4.69, 9.17) is 21.6 Å². The lowest BCUT2D eigenvalue weighted by molar-refractivity contribution is 0.236. The van der Waals surface area contributed by atoms with Crippen LogP contribution in [-0.2, 0) is 0 Å². The van der Waals surface area contributed by atoms with E-state index in [-0.39, 0.29) is 30.4 Å². The van der Waals surface area contributed by atoms with Crippen LogP contribution in [0.3, 0.4) is 0 Å². The smallest absolute Gasteiger partial charge is 0.245 e. The Hall–Kier alpha value is -2.38. The SMILES string of the molecule is CC(C)c1n[nH]c2c(C(C)C)n(Nc3cccc(Cl)c3)c(=NC(CO)C(C)C)nc12. The molecule has 0 radical (unpaired) electrons. The maximum atomic E-state index is 9.88. The summed E-state index contributed by atoms with van der Waals surface area (Å²) in [5.74, 6) is 0.543. The summed E-state index contributed by atoms with van der Waals surface area (Å²) < 4.78 is 1.88. The third-order valence-corrected chi connectivity index (χ3v) is 5.31. The molecule has 7 nitrogen and oxygen atoms in total. The number of nitrogens with one attached hydrogen (secondary N) is 2. The highest BCUT2D eigenvalue weighted by atomic mass is 35.5. The van der Waals surface area contributed by atoms with Gasteiger partial charge in [0.2, 0.25) is 5.62 Å². The van der Waals surface area contributed by atoms with Gasteiger partial charge in [-0.05, 0) is 36.0 Å². The summed E-state index contributed by atoms with van der Waals surface area (Å²) in [4.78, 5) is 9.72. The summed E-state index contributed by atoms with van der Waals surface area (Å²) in [7, 11) is 0. The molecule has 1 atom stereocenters. The minimum atomic E-state index is -0.267. The molecule has 0 amide bonds. The monoisotopic (exact) mass is 430 g/mol. The number of aromatic nitrogens is 4. The van der Waals surface area contributed by atoms with E-state index < -0.39 is 0 Å². The molecule has 2 heterocycles. The number of hydrogen-bond donors (Lipinski definition) is 3. The van der Waals surface area contributed by atoms with Crippen LogP contribution in [0.2, 0.25) is 5.02 Å². The molecule has 0 spiro atoms. The molecule has 0 aliphatic rings. The topological polar surface area (TPSA) is 91.1 Å². The van der Waals surface area contributed by atoms with Gasteiger partial charge in [-0.1, -0.05) is 59.2 Å². The number of aromatic amines is 1. The maximum absolute atomic E-state index is 9.88. The number of nitrogens with zero attached hydrogens (tertiary/aromatic N) is 4. The lowest BCUT2D eigenvalue weighted by Crippen LogP contribution is -2.36. The van der Waals surface area contributed by atoms with Gasteiger partial charge in [0.1, 0.15) is 11.0 Å². The van der Waals surface area contributed by atoms with Gasteiger partial charge in [0, 0.05) is 5.02 Å². The van der Waals surface area contributed by atoms with Crippen molar-refractivity contribution in [2.24, 2.45) is 10.9 Å². The van der Waals surface area contributed by atoms with Crippen LogP contribution in [0.5, 0.6) is 0 Å². The molecule has 1 aromatic carbocycles. The highest BCUT2D eigenvalue weighted by Crippen LogP contribution is 2.27. The number of halogens is 1. The molecule has 0 saturated carbocycles. The Labute approximate surface area is 182 Å². The Morgan fingerprint density at radius 1 is 1.17 bits per heavy atom. The summed E-state index contributed by atoms with van der Waals surface area (Å²) in [6.07, 6.45) is 0. The maximum Gasteiger partial charge on any atom is 0.245 e. The minimum absolute atomic E-state index is 0.0476. The first-order valence-electron chi connectivity index (χ1n) is 10.4. The van der Waals surface area contributed by atoms with Crippen LogP contribution in [-0.4, -0.2) is 37.6 Å². The second kappa shape index (κ2) is 9.18. The Morgan fingerprint density at radius 2 is 1.90 bits per heavy atom. The molecule has 3 aromatic rings. The molecule has 2 aromatic heterocycles. The molecule has 0 bridgehead atoms. The van der Waals surface area contributed by atoms with Crippen molar-refractivity contribution >= 4 is 28.3 Å². The van der Waals surface area contributed by atoms with Gasteiger partial charge in [0.05, 0.1) is 29.7 Å². The van der Waals surface area contributed by atoms with Crippen LogP contribution < -0.4 is 11.0 Å². The lowest BCUT2D eigenvalue weighted by Gasteiger charge is -2.21. The minimum Gasteiger partial charge on any atom is -0.394 e. The number of H-pyrrole nitrogens is 1. The van der Waals surface area contributed by atoms with E-state index >= 15 is 0 Å². The predicted octanol–water partition coefficient (Wildman–Crippen LogP) is 4.45. The van der Waals surface area contributed by atoms with Gasteiger partial charge >= 0.3 is 0 Å². The van der Waals surface area contributed by atoms with E-state index in [9.17, 15) is 5.11 Å². The second-order valence-electron chi connectivity index (χ2n) is 8.52. The molecule has 8 heteroatoms. The fourth-order valence-corrected chi connectivity index (χ4v) is 3.58. The molecule has 0 saturated heterocycles. The van der Waals surface area contributed by atoms with E-state index in [1.807, 2.05) is 42.8 Å². The Bertz CT molecular complexity index is 1080. The van der Waals surface area contributed by atoms with Crippen LogP contribution in [0.1, 0.15) is 64.8 Å². The first kappa shape index (κ1) is 22.3. The van der Waals surface area contributed by atoms with Crippen molar-refractivity contribution in [2.45, 2.75) is 59.4 Å². The number of aliphatic hydroxyl groups excluding tert-OH is 1. The molecule has 3 N–H and O–H groups in total. The van der Waals surface area contributed by atoms with Crippen LogP contribution in [0.4, 0.5) is 5.69 Å². The van der Waals surface area contributed by atoms with Crippen LogP contribution in [0.25, 0.3) is 11.0 Å². The second-order valence-corrected chi connectivity index (χ2v) is 8.96. The average Bonchev–Trinajstić information content (AvgIpc) is 3.09. The standard InChI is InChI=1S/C22H31ClN6O/c1-12(2)17(11-30)24-22-25-19-18(13(3)4)26-27-20(19)21(14(5)6)29(22)28-16-9-7-8-15(23)10-16/h7-10,12-14,17,27-28,30H,11H2,1-6H3. The molecular formula is C22H31ClN6O. The van der Waals surface area contributed by atoms with E-state index in [0.717, 1.165) is 28.1 Å². The van der Waals surface area contributed by atoms with Crippen LogP contribution >= 0.6 is 11.6 Å². The van der Waals surface area contributed by atoms with E-state index in [1.165, 1.54) is 0 Å².